The van der Waals surface area contributed by atoms with Gasteiger partial charge < -0.3 is 24.5 Å². The van der Waals surface area contributed by atoms with Crippen molar-refractivity contribution in [3.8, 4) is 11.5 Å². The van der Waals surface area contributed by atoms with Gasteiger partial charge in [0.25, 0.3) is 5.91 Å². The number of furan rings is 1. The number of rotatable bonds is 7. The number of carbonyl (C=O) groups is 2. The van der Waals surface area contributed by atoms with Crippen LogP contribution in [0.25, 0.3) is 0 Å². The molecule has 1 aromatic carbocycles. The summed E-state index contributed by atoms with van der Waals surface area (Å²) in [5.74, 6) is 0.353. The predicted octanol–water partition coefficient (Wildman–Crippen LogP) is 2.69. The lowest BCUT2D eigenvalue weighted by Crippen LogP contribution is -2.47. The summed E-state index contributed by atoms with van der Waals surface area (Å²) in [5.41, 5.74) is 0.513. The number of hydrogen-bond acceptors (Lipinski definition) is 5. The minimum absolute atomic E-state index is 0.119. The molecule has 2 N–H and O–H groups in total. The van der Waals surface area contributed by atoms with Crippen LogP contribution in [-0.4, -0.2) is 32.1 Å². The fourth-order valence-corrected chi connectivity index (χ4v) is 2.25. The van der Waals surface area contributed by atoms with Gasteiger partial charge in [0, 0.05) is 23.9 Å². The highest BCUT2D eigenvalue weighted by Gasteiger charge is 2.26. The van der Waals surface area contributed by atoms with Crippen LogP contribution >= 0.6 is 0 Å². The Hall–Kier alpha value is -2.96. The molecule has 1 atom stereocenters. The van der Waals surface area contributed by atoms with Crippen molar-refractivity contribution in [3.05, 3.63) is 42.4 Å². The lowest BCUT2D eigenvalue weighted by molar-refractivity contribution is -0.118. The molecule has 25 heavy (non-hydrogen) atoms. The second kappa shape index (κ2) is 8.23. The van der Waals surface area contributed by atoms with Crippen molar-refractivity contribution in [1.82, 2.24) is 5.32 Å². The first-order valence-electron chi connectivity index (χ1n) is 7.83. The van der Waals surface area contributed by atoms with Gasteiger partial charge in [-0.2, -0.15) is 0 Å². The van der Waals surface area contributed by atoms with E-state index in [1.807, 2.05) is 13.8 Å². The molecule has 0 unspecified atom stereocenters. The molecule has 7 heteroatoms. The third kappa shape index (κ3) is 4.76. The lowest BCUT2D eigenvalue weighted by atomic mass is 10.0. The molecule has 0 aliphatic heterocycles. The molecule has 0 bridgehead atoms. The topological polar surface area (TPSA) is 89.8 Å². The van der Waals surface area contributed by atoms with E-state index in [4.69, 9.17) is 13.9 Å². The Morgan fingerprint density at radius 3 is 2.20 bits per heavy atom. The molecular formula is C18H22N2O5. The van der Waals surface area contributed by atoms with Gasteiger partial charge in [-0.25, -0.2) is 0 Å². The average molecular weight is 346 g/mol. The summed E-state index contributed by atoms with van der Waals surface area (Å²) in [6.07, 6.45) is 1.40. The van der Waals surface area contributed by atoms with E-state index >= 15 is 0 Å². The first-order chi connectivity index (χ1) is 11.9. The van der Waals surface area contributed by atoms with Gasteiger partial charge in [-0.1, -0.05) is 13.8 Å². The highest BCUT2D eigenvalue weighted by molar-refractivity contribution is 6.00. The van der Waals surface area contributed by atoms with Gasteiger partial charge in [-0.05, 0) is 18.1 Å². The molecule has 0 radical (unpaired) electrons. The van der Waals surface area contributed by atoms with Crippen molar-refractivity contribution in [2.75, 3.05) is 19.5 Å². The van der Waals surface area contributed by atoms with E-state index < -0.39 is 11.9 Å². The maximum absolute atomic E-state index is 12.6. The maximum Gasteiger partial charge on any atom is 0.287 e. The van der Waals surface area contributed by atoms with E-state index in [0.717, 1.165) is 0 Å². The number of ether oxygens (including phenoxy) is 2. The fourth-order valence-electron chi connectivity index (χ4n) is 2.25. The molecule has 7 nitrogen and oxygen atoms in total. The zero-order valence-corrected chi connectivity index (χ0v) is 14.7. The molecule has 2 aromatic rings. The van der Waals surface area contributed by atoms with Gasteiger partial charge in [0.1, 0.15) is 17.5 Å². The number of amides is 2. The normalized spacial score (nSPS) is 11.7. The van der Waals surface area contributed by atoms with Crippen molar-refractivity contribution >= 4 is 17.5 Å². The van der Waals surface area contributed by atoms with Crippen LogP contribution in [0.3, 0.4) is 0 Å². The van der Waals surface area contributed by atoms with Crippen LogP contribution in [0.15, 0.2) is 41.0 Å². The SMILES string of the molecule is COc1cc(NC(=O)[C@@H](NC(=O)c2ccco2)C(C)C)cc(OC)c1. The number of benzene rings is 1. The molecule has 0 fully saturated rings. The average Bonchev–Trinajstić information content (AvgIpc) is 3.13. The monoisotopic (exact) mass is 346 g/mol. The van der Waals surface area contributed by atoms with E-state index in [1.165, 1.54) is 26.5 Å². The minimum Gasteiger partial charge on any atom is -0.497 e. The molecule has 134 valence electrons. The quantitative estimate of drug-likeness (QED) is 0.804. The van der Waals surface area contributed by atoms with Gasteiger partial charge in [0.05, 0.1) is 20.5 Å². The molecular weight excluding hydrogens is 324 g/mol. The summed E-state index contributed by atoms with van der Waals surface area (Å²) >= 11 is 0. The van der Waals surface area contributed by atoms with Gasteiger partial charge >= 0.3 is 0 Å². The summed E-state index contributed by atoms with van der Waals surface area (Å²) in [6, 6.07) is 7.47. The van der Waals surface area contributed by atoms with Crippen LogP contribution in [0, 0.1) is 5.92 Å². The third-order valence-electron chi connectivity index (χ3n) is 3.60. The van der Waals surface area contributed by atoms with Crippen LogP contribution in [0.1, 0.15) is 24.4 Å². The molecule has 0 aliphatic rings. The van der Waals surface area contributed by atoms with Gasteiger partial charge in [-0.3, -0.25) is 9.59 Å². The molecule has 0 spiro atoms. The summed E-state index contributed by atoms with van der Waals surface area (Å²) in [5, 5.41) is 5.47. The fraction of sp³-hybridized carbons (Fsp3) is 0.333. The van der Waals surface area contributed by atoms with Crippen LogP contribution < -0.4 is 20.1 Å². The largest absolute Gasteiger partial charge is 0.497 e. The number of nitrogens with one attached hydrogen (secondary N) is 2. The Balaban J connectivity index is 2.14. The zero-order valence-electron chi connectivity index (χ0n) is 14.7. The molecule has 1 heterocycles. The molecule has 0 saturated heterocycles. The van der Waals surface area contributed by atoms with E-state index in [0.29, 0.717) is 17.2 Å². The zero-order chi connectivity index (χ0) is 18.4. The Morgan fingerprint density at radius 1 is 1.08 bits per heavy atom. The van der Waals surface area contributed by atoms with E-state index in [9.17, 15) is 9.59 Å². The van der Waals surface area contributed by atoms with Crippen LogP contribution in [0.2, 0.25) is 0 Å². The van der Waals surface area contributed by atoms with Gasteiger partial charge in [-0.15, -0.1) is 0 Å². The smallest absolute Gasteiger partial charge is 0.287 e. The van der Waals surface area contributed by atoms with Crippen molar-refractivity contribution in [2.24, 2.45) is 5.92 Å². The van der Waals surface area contributed by atoms with Crippen LogP contribution in [-0.2, 0) is 4.79 Å². The van der Waals surface area contributed by atoms with Crippen molar-refractivity contribution in [3.63, 3.8) is 0 Å². The molecule has 2 amide bonds. The predicted molar refractivity (Wildman–Crippen MR) is 93.0 cm³/mol. The molecule has 0 saturated carbocycles. The standard InChI is InChI=1S/C18H22N2O5/c1-11(2)16(20-17(21)15-6-5-7-25-15)18(22)19-12-8-13(23-3)10-14(9-12)24-4/h5-11,16H,1-4H3,(H,19,22)(H,20,21)/t16-/m0/s1. The second-order valence-electron chi connectivity index (χ2n) is 5.76. The third-order valence-corrected chi connectivity index (χ3v) is 3.60. The van der Waals surface area contributed by atoms with Crippen LogP contribution in [0.4, 0.5) is 5.69 Å². The Kier molecular flexibility index (Phi) is 6.05. The van der Waals surface area contributed by atoms with E-state index in [2.05, 4.69) is 10.6 Å². The second-order valence-corrected chi connectivity index (χ2v) is 5.76. The first-order valence-corrected chi connectivity index (χ1v) is 7.83. The van der Waals surface area contributed by atoms with Crippen molar-refractivity contribution < 1.29 is 23.5 Å². The minimum atomic E-state index is -0.727. The Bertz CT molecular complexity index is 703. The van der Waals surface area contributed by atoms with Gasteiger partial charge in [0.2, 0.25) is 5.91 Å². The first kappa shape index (κ1) is 18.4. The van der Waals surface area contributed by atoms with Crippen molar-refractivity contribution in [2.45, 2.75) is 19.9 Å². The number of carbonyl (C=O) groups excluding carboxylic acids is 2. The van der Waals surface area contributed by atoms with E-state index in [-0.39, 0.29) is 17.6 Å². The number of anilines is 1. The Labute approximate surface area is 146 Å². The molecule has 0 aliphatic carbocycles. The molecule has 1 aromatic heterocycles. The number of hydrogen-bond donors (Lipinski definition) is 2. The summed E-state index contributed by atoms with van der Waals surface area (Å²) in [6.45, 7) is 3.69. The number of methoxy groups -OCH3 is 2. The Morgan fingerprint density at radius 2 is 1.72 bits per heavy atom. The highest BCUT2D eigenvalue weighted by Crippen LogP contribution is 2.26. The van der Waals surface area contributed by atoms with Gasteiger partial charge in [0.15, 0.2) is 5.76 Å². The summed E-state index contributed by atoms with van der Waals surface area (Å²) in [7, 11) is 3.06. The molecule has 2 rings (SSSR count). The van der Waals surface area contributed by atoms with Crippen LogP contribution in [0.5, 0.6) is 11.5 Å². The summed E-state index contributed by atoms with van der Waals surface area (Å²) < 4.78 is 15.4. The highest BCUT2D eigenvalue weighted by atomic mass is 16.5. The van der Waals surface area contributed by atoms with E-state index in [1.54, 1.807) is 24.3 Å². The summed E-state index contributed by atoms with van der Waals surface area (Å²) in [4.78, 5) is 24.8. The maximum atomic E-state index is 12.6. The lowest BCUT2D eigenvalue weighted by Gasteiger charge is -2.21. The van der Waals surface area contributed by atoms with Crippen molar-refractivity contribution in [1.29, 1.82) is 0 Å².